The molecular weight excluding hydrogens is 408 g/mol. The molecule has 0 aliphatic heterocycles. The second-order valence-electron chi connectivity index (χ2n) is 8.72. The third-order valence-electron chi connectivity index (χ3n) is 3.32. The number of esters is 1. The maximum Gasteiger partial charge on any atom is 0.411 e. The first-order chi connectivity index (χ1) is 14.1. The average molecular weight is 438 g/mol. The van der Waals surface area contributed by atoms with Crippen LogP contribution in [0.4, 0.5) is 15.3 Å². The summed E-state index contributed by atoms with van der Waals surface area (Å²) in [6.07, 6.45) is -1.87. The van der Waals surface area contributed by atoms with Gasteiger partial charge in [-0.05, 0) is 59.2 Å². The number of nitrogens with one attached hydrogen (secondary N) is 2. The lowest BCUT2D eigenvalue weighted by atomic mass is 10.1. The van der Waals surface area contributed by atoms with E-state index in [9.17, 15) is 19.2 Å². The largest absolute Gasteiger partial charge is 0.481 e. The Hall–Kier alpha value is -3.30. The molecule has 0 saturated heterocycles. The van der Waals surface area contributed by atoms with Crippen LogP contribution in [0.2, 0.25) is 0 Å². The first-order valence-electron chi connectivity index (χ1n) is 9.61. The number of carbonyl (C=O) groups excluding carboxylic acids is 3. The molecular formula is C21H30N2O8. The number of carbonyl (C=O) groups is 4. The third-order valence-corrected chi connectivity index (χ3v) is 3.32. The van der Waals surface area contributed by atoms with Crippen molar-refractivity contribution in [2.24, 2.45) is 0 Å². The molecule has 0 bridgehead atoms. The van der Waals surface area contributed by atoms with Gasteiger partial charge in [0.05, 0.1) is 6.42 Å². The van der Waals surface area contributed by atoms with E-state index in [1.807, 2.05) is 0 Å². The second kappa shape index (κ2) is 10.6. The van der Waals surface area contributed by atoms with Crippen molar-refractivity contribution in [1.82, 2.24) is 5.32 Å². The minimum Gasteiger partial charge on any atom is -0.481 e. The van der Waals surface area contributed by atoms with Gasteiger partial charge in [0.2, 0.25) is 0 Å². The second-order valence-corrected chi connectivity index (χ2v) is 8.72. The summed E-state index contributed by atoms with van der Waals surface area (Å²) in [5.41, 5.74) is -0.663. The van der Waals surface area contributed by atoms with E-state index in [4.69, 9.17) is 19.3 Å². The van der Waals surface area contributed by atoms with Crippen molar-refractivity contribution in [1.29, 1.82) is 0 Å². The van der Waals surface area contributed by atoms with Crippen LogP contribution in [0.25, 0.3) is 0 Å². The van der Waals surface area contributed by atoms with Crippen molar-refractivity contribution >= 4 is 29.8 Å². The number of hydrogen-bond donors (Lipinski definition) is 3. The minimum atomic E-state index is -1.28. The summed E-state index contributed by atoms with van der Waals surface area (Å²) in [5, 5.41) is 13.6. The van der Waals surface area contributed by atoms with Gasteiger partial charge in [0.25, 0.3) is 0 Å². The van der Waals surface area contributed by atoms with Gasteiger partial charge in [-0.2, -0.15) is 0 Å². The van der Waals surface area contributed by atoms with E-state index in [0.717, 1.165) is 0 Å². The smallest absolute Gasteiger partial charge is 0.411 e. The molecule has 0 aliphatic rings. The number of carboxylic acid groups (broad SMARTS) is 1. The van der Waals surface area contributed by atoms with Crippen molar-refractivity contribution in [3.8, 4) is 0 Å². The lowest BCUT2D eigenvalue weighted by Crippen LogP contribution is -2.48. The highest BCUT2D eigenvalue weighted by atomic mass is 16.6. The van der Waals surface area contributed by atoms with Gasteiger partial charge >= 0.3 is 24.1 Å². The predicted octanol–water partition coefficient (Wildman–Crippen LogP) is 3.10. The Morgan fingerprint density at radius 3 is 1.94 bits per heavy atom. The minimum absolute atomic E-state index is 0.140. The van der Waals surface area contributed by atoms with Crippen LogP contribution in [0.5, 0.6) is 0 Å². The highest BCUT2D eigenvalue weighted by Crippen LogP contribution is 2.12. The number of amides is 2. The van der Waals surface area contributed by atoms with Crippen molar-refractivity contribution in [3.05, 3.63) is 29.8 Å². The molecule has 31 heavy (non-hydrogen) atoms. The van der Waals surface area contributed by atoms with Crippen LogP contribution in [0.1, 0.15) is 47.1 Å². The fourth-order valence-corrected chi connectivity index (χ4v) is 2.18. The highest BCUT2D eigenvalue weighted by molar-refractivity contribution is 5.86. The molecule has 0 aromatic heterocycles. The molecule has 0 saturated carbocycles. The van der Waals surface area contributed by atoms with E-state index in [1.165, 1.54) is 12.1 Å². The first-order valence-corrected chi connectivity index (χ1v) is 9.61. The third kappa shape index (κ3) is 11.5. The van der Waals surface area contributed by atoms with Gasteiger partial charge < -0.3 is 24.6 Å². The normalized spacial score (nSPS) is 12.3. The number of benzene rings is 1. The van der Waals surface area contributed by atoms with Gasteiger partial charge in [0.15, 0.2) is 6.04 Å². The molecule has 2 amide bonds. The van der Waals surface area contributed by atoms with Crippen molar-refractivity contribution in [3.63, 3.8) is 0 Å². The zero-order valence-corrected chi connectivity index (χ0v) is 18.6. The molecule has 1 aromatic carbocycles. The monoisotopic (exact) mass is 438 g/mol. The van der Waals surface area contributed by atoms with Gasteiger partial charge in [0.1, 0.15) is 17.8 Å². The summed E-state index contributed by atoms with van der Waals surface area (Å²) in [7, 11) is 0. The number of aliphatic carboxylic acids is 1. The van der Waals surface area contributed by atoms with Gasteiger partial charge in [-0.3, -0.25) is 10.1 Å². The molecule has 0 heterocycles. The number of hydrogen-bond acceptors (Lipinski definition) is 7. The predicted molar refractivity (Wildman–Crippen MR) is 112 cm³/mol. The summed E-state index contributed by atoms with van der Waals surface area (Å²) in [4.78, 5) is 47.2. The number of carboxylic acids is 1. The first kappa shape index (κ1) is 25.7. The summed E-state index contributed by atoms with van der Waals surface area (Å²) in [5.74, 6) is -1.75. The number of rotatable bonds is 7. The number of alkyl carbamates (subject to hydrolysis) is 1. The van der Waals surface area contributed by atoms with E-state index in [2.05, 4.69) is 10.6 Å². The molecule has 1 atom stereocenters. The lowest BCUT2D eigenvalue weighted by Gasteiger charge is -2.26. The Labute approximate surface area is 181 Å². The Morgan fingerprint density at radius 2 is 1.45 bits per heavy atom. The van der Waals surface area contributed by atoms with Crippen LogP contribution in [-0.2, 0) is 30.2 Å². The standard InChI is InChI=1S/C21H30N2O8/c1-20(2,3)30-17(26)15(23-19(28)31-21(4,5)6)12-29-18(27)22-14-9-7-13(8-10-14)11-16(24)25/h7-10,15H,11-12H2,1-6H3,(H,22,27)(H,23,28)(H,24,25)/t15-/m0/s1. The molecule has 10 heteroatoms. The van der Waals surface area contributed by atoms with Gasteiger partial charge in [-0.25, -0.2) is 14.4 Å². The fourth-order valence-electron chi connectivity index (χ4n) is 2.18. The lowest BCUT2D eigenvalue weighted by molar-refractivity contribution is -0.158. The van der Waals surface area contributed by atoms with Crippen LogP contribution >= 0.6 is 0 Å². The maximum absolute atomic E-state index is 12.4. The van der Waals surface area contributed by atoms with E-state index in [0.29, 0.717) is 11.3 Å². The Kier molecular flexibility index (Phi) is 8.84. The molecule has 1 aromatic rings. The maximum atomic E-state index is 12.4. The molecule has 0 radical (unpaired) electrons. The van der Waals surface area contributed by atoms with E-state index in [-0.39, 0.29) is 6.42 Å². The van der Waals surface area contributed by atoms with Gasteiger partial charge in [0, 0.05) is 5.69 Å². The van der Waals surface area contributed by atoms with Crippen LogP contribution in [-0.4, -0.2) is 53.1 Å². The van der Waals surface area contributed by atoms with Crippen molar-refractivity contribution in [2.75, 3.05) is 11.9 Å². The highest BCUT2D eigenvalue weighted by Gasteiger charge is 2.30. The van der Waals surface area contributed by atoms with Gasteiger partial charge in [-0.1, -0.05) is 12.1 Å². The molecule has 0 fully saturated rings. The van der Waals surface area contributed by atoms with Crippen LogP contribution < -0.4 is 10.6 Å². The zero-order chi connectivity index (χ0) is 23.8. The van der Waals surface area contributed by atoms with Crippen molar-refractivity contribution in [2.45, 2.75) is 65.2 Å². The topological polar surface area (TPSA) is 140 Å². The quantitative estimate of drug-likeness (QED) is 0.436. The molecule has 0 aliphatic carbocycles. The van der Waals surface area contributed by atoms with Crippen LogP contribution in [0, 0.1) is 0 Å². The Balaban J connectivity index is 2.72. The Bertz CT molecular complexity index is 791. The number of ether oxygens (including phenoxy) is 3. The fraction of sp³-hybridized carbons (Fsp3) is 0.524. The molecule has 3 N–H and O–H groups in total. The molecule has 1 rings (SSSR count). The van der Waals surface area contributed by atoms with Crippen LogP contribution in [0.3, 0.4) is 0 Å². The number of anilines is 1. The van der Waals surface area contributed by atoms with E-state index >= 15 is 0 Å². The molecule has 0 spiro atoms. The summed E-state index contributed by atoms with van der Waals surface area (Å²) in [6.45, 7) is 9.50. The van der Waals surface area contributed by atoms with Crippen molar-refractivity contribution < 1.29 is 38.5 Å². The SMILES string of the molecule is CC(C)(C)OC(=O)N[C@@H](COC(=O)Nc1ccc(CC(=O)O)cc1)C(=O)OC(C)(C)C. The molecule has 0 unspecified atom stereocenters. The van der Waals surface area contributed by atoms with E-state index in [1.54, 1.807) is 53.7 Å². The summed E-state index contributed by atoms with van der Waals surface area (Å²) in [6, 6.07) is 4.86. The molecule has 172 valence electrons. The average Bonchev–Trinajstić information content (AvgIpc) is 2.56. The molecule has 10 nitrogen and oxygen atoms in total. The summed E-state index contributed by atoms with van der Waals surface area (Å²) >= 11 is 0. The summed E-state index contributed by atoms with van der Waals surface area (Å²) < 4.78 is 15.4. The Morgan fingerprint density at radius 1 is 0.903 bits per heavy atom. The zero-order valence-electron chi connectivity index (χ0n) is 18.6. The van der Waals surface area contributed by atoms with Gasteiger partial charge in [-0.15, -0.1) is 0 Å². The van der Waals surface area contributed by atoms with E-state index < -0.39 is 48.0 Å². The van der Waals surface area contributed by atoms with Crippen LogP contribution in [0.15, 0.2) is 24.3 Å².